The van der Waals surface area contributed by atoms with Crippen molar-refractivity contribution in [3.63, 3.8) is 0 Å². The van der Waals surface area contributed by atoms with E-state index in [2.05, 4.69) is 26.2 Å². The lowest BCUT2D eigenvalue weighted by molar-refractivity contribution is 0.0624. The second-order valence-corrected chi connectivity index (χ2v) is 5.15. The Morgan fingerprint density at radius 3 is 3.18 bits per heavy atom. The minimum absolute atomic E-state index is 0.0614. The van der Waals surface area contributed by atoms with Gasteiger partial charge in [0.15, 0.2) is 0 Å². The Balaban J connectivity index is 2.05. The van der Waals surface area contributed by atoms with Gasteiger partial charge in [-0.05, 0) is 34.8 Å². The van der Waals surface area contributed by atoms with Crippen molar-refractivity contribution in [2.45, 2.75) is 18.9 Å². The van der Waals surface area contributed by atoms with Crippen molar-refractivity contribution in [2.24, 2.45) is 0 Å². The first kappa shape index (κ1) is 12.8. The Morgan fingerprint density at radius 1 is 1.65 bits per heavy atom. The normalized spacial score (nSPS) is 20.0. The topological polar surface area (TPSA) is 51.2 Å². The molecule has 0 bridgehead atoms. The van der Waals surface area contributed by atoms with E-state index in [1.165, 1.54) is 0 Å². The van der Waals surface area contributed by atoms with Crippen molar-refractivity contribution in [3.05, 3.63) is 27.5 Å². The maximum absolute atomic E-state index is 12.0. The van der Waals surface area contributed by atoms with Gasteiger partial charge < -0.3 is 10.1 Å². The van der Waals surface area contributed by atoms with Crippen LogP contribution in [0, 0.1) is 0 Å². The number of rotatable bonds is 2. The van der Waals surface area contributed by atoms with E-state index in [-0.39, 0.29) is 17.1 Å². The van der Waals surface area contributed by atoms with Gasteiger partial charge in [-0.2, -0.15) is 0 Å². The first-order valence-corrected chi connectivity index (χ1v) is 6.53. The fraction of sp³-hybridized carbons (Fsp3) is 0.455. The van der Waals surface area contributed by atoms with Gasteiger partial charge in [-0.15, -0.1) is 0 Å². The van der Waals surface area contributed by atoms with Gasteiger partial charge in [0.2, 0.25) is 0 Å². The van der Waals surface area contributed by atoms with E-state index in [9.17, 15) is 4.79 Å². The molecule has 2 heterocycles. The zero-order valence-electron chi connectivity index (χ0n) is 9.08. The Labute approximate surface area is 113 Å². The second-order valence-electron chi connectivity index (χ2n) is 3.88. The van der Waals surface area contributed by atoms with Crippen LogP contribution >= 0.6 is 27.5 Å². The largest absolute Gasteiger partial charge is 0.379 e. The van der Waals surface area contributed by atoms with Crippen LogP contribution in [0.4, 0.5) is 0 Å². The molecule has 1 saturated heterocycles. The van der Waals surface area contributed by atoms with Crippen molar-refractivity contribution in [2.75, 3.05) is 13.2 Å². The van der Waals surface area contributed by atoms with Gasteiger partial charge in [0.25, 0.3) is 5.91 Å². The molecule has 0 spiro atoms. The van der Waals surface area contributed by atoms with Crippen LogP contribution in [-0.2, 0) is 4.74 Å². The Morgan fingerprint density at radius 2 is 2.47 bits per heavy atom. The van der Waals surface area contributed by atoms with Gasteiger partial charge in [-0.3, -0.25) is 4.79 Å². The van der Waals surface area contributed by atoms with Gasteiger partial charge in [-0.1, -0.05) is 11.6 Å². The highest BCUT2D eigenvalue weighted by Crippen LogP contribution is 2.18. The third-order valence-electron chi connectivity index (χ3n) is 2.55. The van der Waals surface area contributed by atoms with Gasteiger partial charge in [0.05, 0.1) is 18.2 Å². The smallest absolute Gasteiger partial charge is 0.254 e. The van der Waals surface area contributed by atoms with E-state index in [4.69, 9.17) is 16.3 Å². The monoisotopic (exact) mass is 318 g/mol. The number of hydrogen-bond acceptors (Lipinski definition) is 3. The van der Waals surface area contributed by atoms with E-state index in [0.717, 1.165) is 23.9 Å². The number of amides is 1. The van der Waals surface area contributed by atoms with Crippen LogP contribution in [0.15, 0.2) is 16.7 Å². The molecule has 1 aliphatic rings. The molecule has 0 radical (unpaired) electrons. The molecule has 4 nitrogen and oxygen atoms in total. The zero-order chi connectivity index (χ0) is 12.3. The molecule has 1 atom stereocenters. The van der Waals surface area contributed by atoms with Crippen molar-refractivity contribution in [1.29, 1.82) is 0 Å². The summed E-state index contributed by atoms with van der Waals surface area (Å²) in [4.78, 5) is 15.9. The quantitative estimate of drug-likeness (QED) is 0.852. The number of nitrogens with one attached hydrogen (secondary N) is 1. The molecule has 0 aromatic carbocycles. The molecule has 2 rings (SSSR count). The highest BCUT2D eigenvalue weighted by atomic mass is 79.9. The number of hydrogen-bond donors (Lipinski definition) is 1. The third-order valence-corrected chi connectivity index (χ3v) is 3.28. The minimum Gasteiger partial charge on any atom is -0.379 e. The molecule has 92 valence electrons. The maximum Gasteiger partial charge on any atom is 0.254 e. The minimum atomic E-state index is -0.209. The third kappa shape index (κ3) is 3.40. The molecule has 6 heteroatoms. The number of ether oxygens (including phenoxy) is 1. The Kier molecular flexibility index (Phi) is 4.36. The van der Waals surface area contributed by atoms with Gasteiger partial charge in [-0.25, -0.2) is 4.98 Å². The van der Waals surface area contributed by atoms with E-state index >= 15 is 0 Å². The highest BCUT2D eigenvalue weighted by molar-refractivity contribution is 9.10. The Bertz CT molecular complexity index is 422. The van der Waals surface area contributed by atoms with Crippen molar-refractivity contribution < 1.29 is 9.53 Å². The van der Waals surface area contributed by atoms with Crippen molar-refractivity contribution >= 4 is 33.4 Å². The summed E-state index contributed by atoms with van der Waals surface area (Å²) in [6, 6.07) is 1.72. The number of halogens is 2. The summed E-state index contributed by atoms with van der Waals surface area (Å²) in [7, 11) is 0. The van der Waals surface area contributed by atoms with Crippen LogP contribution in [0.1, 0.15) is 23.2 Å². The van der Waals surface area contributed by atoms with Crippen LogP contribution in [-0.4, -0.2) is 30.1 Å². The van der Waals surface area contributed by atoms with Crippen LogP contribution in [0.25, 0.3) is 0 Å². The fourth-order valence-electron chi connectivity index (χ4n) is 1.70. The highest BCUT2D eigenvalue weighted by Gasteiger charge is 2.19. The molecular weight excluding hydrogens is 307 g/mol. The van der Waals surface area contributed by atoms with E-state index in [0.29, 0.717) is 12.2 Å². The average molecular weight is 320 g/mol. The number of nitrogens with zero attached hydrogens (tertiary/aromatic N) is 1. The molecule has 1 aromatic rings. The molecule has 1 N–H and O–H groups in total. The lowest BCUT2D eigenvalue weighted by Gasteiger charge is -2.23. The first-order chi connectivity index (χ1) is 8.16. The first-order valence-electron chi connectivity index (χ1n) is 5.36. The predicted molar refractivity (Wildman–Crippen MR) is 68.3 cm³/mol. The summed E-state index contributed by atoms with van der Waals surface area (Å²) < 4.78 is 6.03. The van der Waals surface area contributed by atoms with Gasteiger partial charge in [0, 0.05) is 17.3 Å². The van der Waals surface area contributed by atoms with Crippen LogP contribution in [0.3, 0.4) is 0 Å². The van der Waals surface area contributed by atoms with E-state index in [1.807, 2.05) is 0 Å². The predicted octanol–water partition coefficient (Wildman–Crippen LogP) is 2.41. The summed E-state index contributed by atoms with van der Waals surface area (Å²) >= 11 is 9.15. The fourth-order valence-corrected chi connectivity index (χ4v) is 2.22. The zero-order valence-corrected chi connectivity index (χ0v) is 11.4. The van der Waals surface area contributed by atoms with Gasteiger partial charge >= 0.3 is 0 Å². The molecule has 1 aliphatic heterocycles. The number of aromatic nitrogens is 1. The standard InChI is InChI=1S/C11H12BrClN2O2/c12-7-4-9(10(13)14-5-7)11(16)15-8-2-1-3-17-6-8/h4-5,8H,1-3,6H2,(H,15,16). The van der Waals surface area contributed by atoms with Crippen molar-refractivity contribution in [1.82, 2.24) is 10.3 Å². The molecule has 0 aliphatic carbocycles. The van der Waals surface area contributed by atoms with Crippen LogP contribution in [0.5, 0.6) is 0 Å². The van der Waals surface area contributed by atoms with Crippen LogP contribution < -0.4 is 5.32 Å². The summed E-state index contributed by atoms with van der Waals surface area (Å²) in [6.07, 6.45) is 3.46. The van der Waals surface area contributed by atoms with Crippen molar-refractivity contribution in [3.8, 4) is 0 Å². The lowest BCUT2D eigenvalue weighted by Crippen LogP contribution is -2.40. The molecule has 1 amide bonds. The summed E-state index contributed by atoms with van der Waals surface area (Å²) in [5, 5.41) is 3.10. The molecule has 1 aromatic heterocycles. The van der Waals surface area contributed by atoms with Gasteiger partial charge in [0.1, 0.15) is 5.15 Å². The summed E-state index contributed by atoms with van der Waals surface area (Å²) in [6.45, 7) is 1.33. The molecule has 0 saturated carbocycles. The molecular formula is C11H12BrClN2O2. The Hall–Kier alpha value is -0.650. The number of carbonyl (C=O) groups excluding carboxylic acids is 1. The molecule has 17 heavy (non-hydrogen) atoms. The SMILES string of the molecule is O=C(NC1CCCOC1)c1cc(Br)cnc1Cl. The maximum atomic E-state index is 12.0. The average Bonchev–Trinajstić information content (AvgIpc) is 2.33. The van der Waals surface area contributed by atoms with Crippen LogP contribution in [0.2, 0.25) is 5.15 Å². The number of carbonyl (C=O) groups is 1. The molecule has 1 unspecified atom stereocenters. The molecule has 1 fully saturated rings. The van der Waals surface area contributed by atoms with E-state index < -0.39 is 0 Å². The lowest BCUT2D eigenvalue weighted by atomic mass is 10.1. The second kappa shape index (κ2) is 5.80. The summed E-state index contributed by atoms with van der Waals surface area (Å²) in [5.41, 5.74) is 0.381. The van der Waals surface area contributed by atoms with E-state index in [1.54, 1.807) is 12.3 Å². The number of pyridine rings is 1. The summed E-state index contributed by atoms with van der Waals surface area (Å²) in [5.74, 6) is -0.209.